The number of rotatable bonds is 14. The fourth-order valence-electron chi connectivity index (χ4n) is 1.59. The molecule has 0 saturated carbocycles. The van der Waals surface area contributed by atoms with Gasteiger partial charge in [-0.3, -0.25) is 0 Å². The molecule has 0 aromatic rings. The van der Waals surface area contributed by atoms with Crippen LogP contribution in [0.1, 0.15) is 26.7 Å². The van der Waals surface area contributed by atoms with Crippen molar-refractivity contribution in [3.05, 3.63) is 12.2 Å². The average molecular weight is 291 g/mol. The van der Waals surface area contributed by atoms with Crippen molar-refractivity contribution in [3.8, 4) is 0 Å². The maximum absolute atomic E-state index is 5.89. The minimum absolute atomic E-state index is 0.904. The lowest BCUT2D eigenvalue weighted by atomic mass is 10.4. The van der Waals surface area contributed by atoms with Crippen LogP contribution in [-0.4, -0.2) is 56.8 Å². The average Bonchev–Trinajstić information content (AvgIpc) is 2.43. The van der Waals surface area contributed by atoms with Crippen LogP contribution in [0.15, 0.2) is 12.2 Å². The third-order valence-corrected chi connectivity index (χ3v) is 3.15. The highest BCUT2D eigenvalue weighted by Gasteiger charge is 1.94. The van der Waals surface area contributed by atoms with Gasteiger partial charge in [-0.25, -0.2) is 4.42 Å². The second-order valence-corrected chi connectivity index (χ2v) is 4.92. The number of hydrogen-bond donors (Lipinski definition) is 3. The van der Waals surface area contributed by atoms with Crippen LogP contribution in [0, 0.1) is 0 Å². The van der Waals surface area contributed by atoms with E-state index in [0.29, 0.717) is 0 Å². The molecule has 0 atom stereocenters. The van der Waals surface area contributed by atoms with Gasteiger partial charge in [-0.05, 0) is 50.8 Å². The Balaban J connectivity index is 3.09. The highest BCUT2D eigenvalue weighted by Crippen LogP contribution is 1.93. The van der Waals surface area contributed by atoms with Gasteiger partial charge in [0, 0.05) is 26.2 Å². The van der Waals surface area contributed by atoms with Gasteiger partial charge in [0.2, 0.25) is 0 Å². The predicted molar refractivity (Wildman–Crippen MR) is 85.8 cm³/mol. The summed E-state index contributed by atoms with van der Waals surface area (Å²) < 4.78 is 1.81. The monoisotopic (exact) mass is 290 g/mol. The van der Waals surface area contributed by atoms with E-state index in [0.717, 1.165) is 58.8 Å². The van der Waals surface area contributed by atoms with Gasteiger partial charge < -0.3 is 16.0 Å². The maximum Gasteiger partial charge on any atom is 0.0150 e. The second kappa shape index (κ2) is 15.9. The lowest BCUT2D eigenvalue weighted by molar-refractivity contribution is 0.459. The summed E-state index contributed by atoms with van der Waals surface area (Å²) in [5.74, 6) is 0. The van der Waals surface area contributed by atoms with Gasteiger partial charge >= 0.3 is 0 Å². The van der Waals surface area contributed by atoms with E-state index in [4.69, 9.17) is 11.8 Å². The molecule has 3 N–H and O–H groups in total. The van der Waals surface area contributed by atoms with Crippen molar-refractivity contribution in [2.75, 3.05) is 52.4 Å². The molecule has 0 unspecified atom stereocenters. The van der Waals surface area contributed by atoms with E-state index in [-0.39, 0.29) is 0 Å². The van der Waals surface area contributed by atoms with Crippen molar-refractivity contribution >= 4 is 11.8 Å². The number of nitrogens with one attached hydrogen (secondary N) is 3. The van der Waals surface area contributed by atoms with E-state index in [1.165, 1.54) is 6.42 Å². The molecule has 4 nitrogen and oxygen atoms in total. The van der Waals surface area contributed by atoms with Crippen molar-refractivity contribution in [1.29, 1.82) is 0 Å². The van der Waals surface area contributed by atoms with E-state index in [1.807, 2.05) is 4.42 Å². The molecule has 0 aliphatic heterocycles. The summed E-state index contributed by atoms with van der Waals surface area (Å²) in [5, 5.41) is 10.1. The SMILES string of the molecule is CCNCCCNC/C=C\CNCCCN(Cl)CC. The molecule has 114 valence electrons. The summed E-state index contributed by atoms with van der Waals surface area (Å²) in [6, 6.07) is 0. The summed E-state index contributed by atoms with van der Waals surface area (Å²) in [6.07, 6.45) is 6.63. The standard InChI is InChI=1S/C14H31ClN4/c1-3-16-11-7-12-17-9-5-6-10-18-13-8-14-19(15)4-2/h5-6,16-18H,3-4,7-14H2,1-2H3/b6-5-. The van der Waals surface area contributed by atoms with Crippen LogP contribution in [0.5, 0.6) is 0 Å². The summed E-state index contributed by atoms with van der Waals surface area (Å²) in [6.45, 7) is 12.2. The Kier molecular flexibility index (Phi) is 15.8. The molecule has 0 aliphatic carbocycles. The molecule has 0 fully saturated rings. The largest absolute Gasteiger partial charge is 0.317 e. The molecule has 0 aromatic heterocycles. The van der Waals surface area contributed by atoms with Gasteiger partial charge in [0.15, 0.2) is 0 Å². The van der Waals surface area contributed by atoms with Crippen molar-refractivity contribution < 1.29 is 0 Å². The molecule has 0 saturated heterocycles. The van der Waals surface area contributed by atoms with Crippen molar-refractivity contribution in [2.24, 2.45) is 0 Å². The Morgan fingerprint density at radius 1 is 0.895 bits per heavy atom. The Labute approximate surface area is 124 Å². The van der Waals surface area contributed by atoms with Crippen molar-refractivity contribution in [1.82, 2.24) is 20.4 Å². The molecule has 0 aliphatic rings. The van der Waals surface area contributed by atoms with Gasteiger partial charge in [-0.2, -0.15) is 0 Å². The first-order chi connectivity index (χ1) is 9.31. The number of hydrogen-bond acceptors (Lipinski definition) is 4. The minimum atomic E-state index is 0.904. The van der Waals surface area contributed by atoms with Crippen LogP contribution in [0.3, 0.4) is 0 Å². The normalized spacial score (nSPS) is 11.8. The second-order valence-electron chi connectivity index (χ2n) is 4.44. The van der Waals surface area contributed by atoms with Gasteiger partial charge in [-0.15, -0.1) is 0 Å². The van der Waals surface area contributed by atoms with Gasteiger partial charge in [0.05, 0.1) is 0 Å². The van der Waals surface area contributed by atoms with E-state index in [1.54, 1.807) is 0 Å². The molecule has 0 aromatic carbocycles. The molecule has 5 heteroatoms. The van der Waals surface area contributed by atoms with E-state index < -0.39 is 0 Å². The van der Waals surface area contributed by atoms with E-state index >= 15 is 0 Å². The topological polar surface area (TPSA) is 39.3 Å². The van der Waals surface area contributed by atoms with Gasteiger partial charge in [0.25, 0.3) is 0 Å². The van der Waals surface area contributed by atoms with Crippen LogP contribution in [-0.2, 0) is 0 Å². The Morgan fingerprint density at radius 2 is 1.47 bits per heavy atom. The number of halogens is 1. The summed E-state index contributed by atoms with van der Waals surface area (Å²) >= 11 is 5.89. The summed E-state index contributed by atoms with van der Waals surface area (Å²) in [5.41, 5.74) is 0. The molecule has 0 rings (SSSR count). The molecule has 19 heavy (non-hydrogen) atoms. The third-order valence-electron chi connectivity index (χ3n) is 2.75. The molecule has 0 bridgehead atoms. The zero-order chi connectivity index (χ0) is 14.2. The van der Waals surface area contributed by atoms with E-state index in [9.17, 15) is 0 Å². The zero-order valence-corrected chi connectivity index (χ0v) is 13.3. The van der Waals surface area contributed by atoms with Gasteiger partial charge in [-0.1, -0.05) is 26.0 Å². The fraction of sp³-hybridized carbons (Fsp3) is 0.857. The fourth-order valence-corrected chi connectivity index (χ4v) is 1.71. The third kappa shape index (κ3) is 15.8. The van der Waals surface area contributed by atoms with Crippen molar-refractivity contribution in [2.45, 2.75) is 26.7 Å². The summed E-state index contributed by atoms with van der Waals surface area (Å²) in [4.78, 5) is 0. The Hall–Kier alpha value is -0.130. The molecular formula is C14H31ClN4. The molecule has 0 heterocycles. The maximum atomic E-state index is 5.89. The molecular weight excluding hydrogens is 260 g/mol. The quantitative estimate of drug-likeness (QED) is 0.258. The highest BCUT2D eigenvalue weighted by atomic mass is 35.5. The first-order valence-electron chi connectivity index (χ1n) is 7.49. The first-order valence-corrected chi connectivity index (χ1v) is 7.82. The van der Waals surface area contributed by atoms with Crippen molar-refractivity contribution in [3.63, 3.8) is 0 Å². The lowest BCUT2D eigenvalue weighted by Crippen LogP contribution is -2.22. The highest BCUT2D eigenvalue weighted by molar-refractivity contribution is 6.13. The number of nitrogens with zero attached hydrogens (tertiary/aromatic N) is 1. The predicted octanol–water partition coefficient (Wildman–Crippen LogP) is 1.59. The van der Waals surface area contributed by atoms with Crippen LogP contribution in [0.2, 0.25) is 0 Å². The Morgan fingerprint density at radius 3 is 2.05 bits per heavy atom. The molecule has 0 amide bonds. The molecule has 0 radical (unpaired) electrons. The molecule has 0 spiro atoms. The Bertz CT molecular complexity index is 200. The summed E-state index contributed by atoms with van der Waals surface area (Å²) in [7, 11) is 0. The minimum Gasteiger partial charge on any atom is -0.317 e. The van der Waals surface area contributed by atoms with E-state index in [2.05, 4.69) is 41.9 Å². The lowest BCUT2D eigenvalue weighted by Gasteiger charge is -2.09. The smallest absolute Gasteiger partial charge is 0.0150 e. The van der Waals surface area contributed by atoms with Gasteiger partial charge in [0.1, 0.15) is 0 Å². The zero-order valence-electron chi connectivity index (χ0n) is 12.6. The van der Waals surface area contributed by atoms with Crippen LogP contribution < -0.4 is 16.0 Å². The van der Waals surface area contributed by atoms with Crippen LogP contribution in [0.25, 0.3) is 0 Å². The van der Waals surface area contributed by atoms with Crippen LogP contribution in [0.4, 0.5) is 0 Å². The van der Waals surface area contributed by atoms with Crippen LogP contribution >= 0.6 is 11.8 Å². The first kappa shape index (κ1) is 18.9.